The summed E-state index contributed by atoms with van der Waals surface area (Å²) in [6, 6.07) is 10.5. The molecule has 0 aromatic heterocycles. The minimum atomic E-state index is -2.63. The number of ketones is 8. The van der Waals surface area contributed by atoms with E-state index in [-0.39, 0.29) is 145 Å². The van der Waals surface area contributed by atoms with Crippen LogP contribution in [0.2, 0.25) is 0 Å². The van der Waals surface area contributed by atoms with Gasteiger partial charge >= 0.3 is 51.4 Å². The average molecular weight is 1960 g/mol. The number of aliphatic hydroxyl groups is 12. The van der Waals surface area contributed by atoms with E-state index in [1.807, 2.05) is 94.2 Å². The molecule has 12 aliphatic rings. The maximum atomic E-state index is 13.9. The molecule has 139 heavy (non-hydrogen) atoms. The van der Waals surface area contributed by atoms with Crippen LogP contribution in [0, 0.1) is 47.3 Å². The summed E-state index contributed by atoms with van der Waals surface area (Å²) in [5.74, 6) is -22.9. The molecule has 4 amide bonds. The molecule has 4 aromatic rings. The fourth-order valence-electron chi connectivity index (χ4n) is 22.7. The molecule has 742 valence electrons. The van der Waals surface area contributed by atoms with Gasteiger partial charge in [-0.25, -0.2) is 0 Å². The van der Waals surface area contributed by atoms with Crippen LogP contribution >= 0.6 is 0 Å². The summed E-state index contributed by atoms with van der Waals surface area (Å²) in [6.07, 6.45) is 1.47. The molecule has 4 aromatic carbocycles. The third-order valence-corrected chi connectivity index (χ3v) is 28.5. The van der Waals surface area contributed by atoms with Gasteiger partial charge in [0.25, 0.3) is 23.6 Å². The van der Waals surface area contributed by atoms with Gasteiger partial charge in [-0.3, -0.25) is 67.3 Å². The molecule has 4 fully saturated rings. The number of rotatable bonds is 14. The number of quaternary nitrogens is 1. The number of carbonyl (C=O) groups is 12. The number of hydrogen-bond acceptors (Lipinski definition) is 35. The van der Waals surface area contributed by atoms with Gasteiger partial charge in [0.2, 0.25) is 28.9 Å². The molecule has 0 saturated heterocycles. The minimum absolute atomic E-state index is 0. The molecular weight excluding hydrogens is 1830 g/mol. The van der Waals surface area contributed by atoms with Crippen molar-refractivity contribution < 1.29 is 199 Å². The van der Waals surface area contributed by atoms with Crippen molar-refractivity contribution in [1.82, 2.24) is 9.80 Å². The number of nitrogens with zero attached hydrogens (tertiary/aromatic N) is 7. The SMILES string of the molecule is CC(C)(C)[O-].CN(C)c1ccc(O)c2c1C[C@H]1C[C@H]3[C@H](N(C)C)C(=O)C(C(N)=O)=C(O)[C@@]3(O)C(=O)C1=C2O.COc1ccc(N(C)C)c2c1C(O)=C1C(=O)[C@]3(O)C(O)=C(C(N)=O)C(=O)C[C@@H]3C[C@@H]1C2.COc1ccc(N(C)C)c2c1C(O)=C1C(=O)[C@]3(O)C(O)=C(C(N)=O)C(=O)[C@@H](N(C)C)[C@@H]3C[C@@H]1C2.COc1ccc(N(C)C)c2c1C(O)=C1C(=O)[C@]3(O)C(O)=C(C(N)=O)C(=O)[C@@H]([N+](C)(C)C)[C@@H]3C[C@@H]1C2.[K+]. The summed E-state index contributed by atoms with van der Waals surface area (Å²) in [7, 11) is 30.6. The molecule has 40 nitrogen and oxygen atoms in total. The molecule has 0 heterocycles. The Balaban J connectivity index is 0.000000174. The van der Waals surface area contributed by atoms with Gasteiger partial charge in [0, 0.05) is 126 Å². The third-order valence-electron chi connectivity index (χ3n) is 28.5. The molecule has 0 radical (unpaired) electrons. The number of likely N-dealkylation sites (N-methyl/N-ethyl adjacent to an activating group) is 3. The first-order chi connectivity index (χ1) is 63.9. The van der Waals surface area contributed by atoms with E-state index in [0.717, 1.165) is 39.4 Å². The van der Waals surface area contributed by atoms with E-state index in [4.69, 9.17) is 37.1 Å². The Morgan fingerprint density at radius 3 is 0.914 bits per heavy atom. The van der Waals surface area contributed by atoms with Gasteiger partial charge in [-0.2, -0.15) is 0 Å². The first-order valence-electron chi connectivity index (χ1n) is 44.3. The number of carbonyl (C=O) groups excluding carboxylic acids is 12. The molecule has 0 aliphatic heterocycles. The minimum Gasteiger partial charge on any atom is -0.850 e. The first-order valence-corrected chi connectivity index (χ1v) is 44.3. The number of ether oxygens (including phenoxy) is 3. The van der Waals surface area contributed by atoms with Gasteiger partial charge in [-0.1, -0.05) is 20.8 Å². The van der Waals surface area contributed by atoms with Gasteiger partial charge < -0.3 is 133 Å². The summed E-state index contributed by atoms with van der Waals surface area (Å²) in [5.41, 5.74) is 14.0. The van der Waals surface area contributed by atoms with E-state index in [1.54, 1.807) is 94.4 Å². The van der Waals surface area contributed by atoms with Crippen LogP contribution in [0.15, 0.2) is 116 Å². The standard InChI is InChI=1S/C25H31N3O7.C24H29N3O7.C23H27N3O7.C22H24N2O7.C4H9O.K/c1-27(2)14-7-8-15(35-6)17-12(14)9-11-10-13-19(28(3,4)5)21(30)18(24(26)33)23(32)25(13,34)22(31)16(11)20(17)29;1-26(2)13-6-7-14(34-5)16-11(13)8-10-9-12-18(27(3)4)20(29)17(23(25)32)22(31)24(12,33)21(30)15(10)19(16)28;1-25(2)12-5-6-13(27)15-10(12)7-9-8-11-17(26(3)4)19(29)16(22(24)32)21(31)23(11,33)20(30)14(9)18(15)28;1-24(2)12-4-5-14(31-3)16-11(12)7-9-6-10-8-13(25)17(21(23)29)20(28)22(10,30)19(27)15(9)18(16)26;1-4(2,3)5;/h7-8,11,13,19,34H,9-10H2,1-6H3,(H3-,26,29,30,31,32,33);6-7,10,12,18,28,31,33H,8-9H2,1-5H3,(H2,25,32);5-6,9,11,17,27-28,31,33H,7-8H2,1-4H3,(H2,24,32);4-5,9-10,26,28,30H,6-8H2,1-3H3,(H2,23,29);1-3H3;/q;;;;-1;+1/p+1/t11-,13-,19-,25-;10-,12-,18-,24-;9-,11-,17-,23-;9-,10+,22+;;/m0001../s1. The Bertz CT molecular complexity index is 6250. The average Bonchev–Trinajstić information content (AvgIpc) is 0.312. The first kappa shape index (κ1) is 108. The van der Waals surface area contributed by atoms with E-state index in [0.29, 0.717) is 58.8 Å². The zero-order chi connectivity index (χ0) is 103. The second kappa shape index (κ2) is 38.3. The molecule has 4 saturated carbocycles. The molecule has 21 N–H and O–H groups in total. The number of aromatic hydroxyl groups is 1. The Morgan fingerprint density at radius 1 is 0.381 bits per heavy atom. The number of primary amides is 4. The molecular formula is C98H121KN11O29+. The van der Waals surface area contributed by atoms with E-state index < -0.39 is 214 Å². The quantitative estimate of drug-likeness (QED) is 0.0400. The van der Waals surface area contributed by atoms with E-state index in [9.17, 15) is 129 Å². The molecule has 0 bridgehead atoms. The Morgan fingerprint density at radius 2 is 0.633 bits per heavy atom. The molecule has 12 aliphatic carbocycles. The largest absolute Gasteiger partial charge is 1.00 e. The number of hydrogen-bond donors (Lipinski definition) is 17. The van der Waals surface area contributed by atoms with Crippen LogP contribution in [0.1, 0.15) is 97.4 Å². The number of nitrogens with two attached hydrogens (primary N) is 4. The fourth-order valence-corrected chi connectivity index (χ4v) is 22.7. The number of phenolic OH excluding ortho intramolecular Hbond substituents is 1. The third kappa shape index (κ3) is 17.2. The number of methoxy groups -OCH3 is 3. The number of anilines is 4. The second-order valence-corrected chi connectivity index (χ2v) is 40.0. The monoisotopic (exact) mass is 1950 g/mol. The van der Waals surface area contributed by atoms with Gasteiger partial charge in [0.15, 0.2) is 45.8 Å². The van der Waals surface area contributed by atoms with Crippen molar-refractivity contribution in [1.29, 1.82) is 0 Å². The van der Waals surface area contributed by atoms with Crippen molar-refractivity contribution in [2.24, 2.45) is 70.3 Å². The van der Waals surface area contributed by atoms with Crippen LogP contribution in [-0.2, 0) is 83.2 Å². The van der Waals surface area contributed by atoms with Crippen molar-refractivity contribution in [3.8, 4) is 23.0 Å². The van der Waals surface area contributed by atoms with Gasteiger partial charge in [-0.15, -0.1) is 5.60 Å². The van der Waals surface area contributed by atoms with Crippen LogP contribution < -0.4 is 113 Å². The number of benzene rings is 4. The van der Waals surface area contributed by atoms with Crippen LogP contribution in [0.25, 0.3) is 23.0 Å². The zero-order valence-corrected chi connectivity index (χ0v) is 84.7. The molecule has 15 atom stereocenters. The van der Waals surface area contributed by atoms with Crippen LogP contribution in [0.5, 0.6) is 23.0 Å². The number of aliphatic hydroxyl groups excluding tert-OH is 8. The molecule has 0 spiro atoms. The summed E-state index contributed by atoms with van der Waals surface area (Å²) in [6.45, 7) is 4.90. The number of phenols is 1. The predicted octanol–water partition coefficient (Wildman–Crippen LogP) is -1.22. The van der Waals surface area contributed by atoms with E-state index >= 15 is 0 Å². The van der Waals surface area contributed by atoms with Crippen molar-refractivity contribution in [3.05, 3.63) is 161 Å². The van der Waals surface area contributed by atoms with Gasteiger partial charge in [0.05, 0.1) is 82.7 Å². The zero-order valence-electron chi connectivity index (χ0n) is 81.6. The fraction of sp³-hybridized carbons (Fsp3) is 0.469. The van der Waals surface area contributed by atoms with Crippen molar-refractivity contribution in [3.63, 3.8) is 0 Å². The van der Waals surface area contributed by atoms with E-state index in [2.05, 4.69) is 0 Å². The van der Waals surface area contributed by atoms with Gasteiger partial charge in [-0.05, 0) is 174 Å². The van der Waals surface area contributed by atoms with Gasteiger partial charge in [0.1, 0.15) is 91.4 Å². The number of amides is 4. The Kier molecular flexibility index (Phi) is 29.6. The Labute approximate surface area is 843 Å². The summed E-state index contributed by atoms with van der Waals surface area (Å²) >= 11 is 0. The van der Waals surface area contributed by atoms with Crippen molar-refractivity contribution >= 4 is 116 Å². The Hall–Kier alpha value is -11.8. The summed E-state index contributed by atoms with van der Waals surface area (Å²) in [4.78, 5) is 165. The predicted molar refractivity (Wildman–Crippen MR) is 500 cm³/mol. The molecule has 16 rings (SSSR count). The van der Waals surface area contributed by atoms with Crippen LogP contribution in [0.3, 0.4) is 0 Å². The summed E-state index contributed by atoms with van der Waals surface area (Å²) < 4.78 is 16.3. The molecule has 0 unspecified atom stereocenters. The second-order valence-electron chi connectivity index (χ2n) is 40.0. The van der Waals surface area contributed by atoms with Crippen molar-refractivity contribution in [2.45, 2.75) is 125 Å². The summed E-state index contributed by atoms with van der Waals surface area (Å²) in [5, 5.41) is 155. The smallest absolute Gasteiger partial charge is 0.850 e. The van der Waals surface area contributed by atoms with Crippen LogP contribution in [-0.4, -0.2) is 324 Å². The maximum Gasteiger partial charge on any atom is 1.00 e. The van der Waals surface area contributed by atoms with E-state index in [1.165, 1.54) is 37.2 Å². The van der Waals surface area contributed by atoms with Crippen molar-refractivity contribution in [2.75, 3.05) is 147 Å². The number of fused-ring (bicyclic) bond motifs is 12. The topological polar surface area (TPSA) is 642 Å². The normalized spacial score (nSPS) is 27.6. The van der Waals surface area contributed by atoms with Crippen LogP contribution in [0.4, 0.5) is 22.7 Å². The maximum absolute atomic E-state index is 13.9. The number of Topliss-reactive ketones (excluding diaryl/α,β-unsaturated/α-hetero) is 8. The molecule has 41 heteroatoms.